The Bertz CT molecular complexity index is 1840. The van der Waals surface area contributed by atoms with Crippen LogP contribution in [0.4, 0.5) is 0 Å². The number of imidazole rings is 2. The molecule has 7 aromatic rings. The zero-order chi connectivity index (χ0) is 24.2. The van der Waals surface area contributed by atoms with Gasteiger partial charge in [-0.3, -0.25) is 4.40 Å². The minimum atomic E-state index is 0.540. The van der Waals surface area contributed by atoms with E-state index in [-0.39, 0.29) is 0 Å². The highest BCUT2D eigenvalue weighted by Gasteiger charge is 2.21. The summed E-state index contributed by atoms with van der Waals surface area (Å²) in [6.07, 6.45) is 0. The maximum atomic E-state index is 5.05. The number of hydrogen-bond donors (Lipinski definition) is 0. The van der Waals surface area contributed by atoms with Crippen molar-refractivity contribution in [3.05, 3.63) is 108 Å². The second-order valence-corrected chi connectivity index (χ2v) is 9.08. The third-order valence-electron chi connectivity index (χ3n) is 6.49. The molecule has 0 bridgehead atoms. The Morgan fingerprint density at radius 1 is 0.528 bits per heavy atom. The van der Waals surface area contributed by atoms with Gasteiger partial charge in [-0.2, -0.15) is 9.97 Å². The van der Waals surface area contributed by atoms with Crippen LogP contribution in [0.3, 0.4) is 0 Å². The summed E-state index contributed by atoms with van der Waals surface area (Å²) in [5.41, 5.74) is 8.30. The lowest BCUT2D eigenvalue weighted by Gasteiger charge is -2.09. The molecule has 3 heterocycles. The third-order valence-corrected chi connectivity index (χ3v) is 6.49. The fourth-order valence-electron chi connectivity index (χ4n) is 4.77. The Balaban J connectivity index is 1.60. The number of rotatable bonds is 3. The molecule has 0 amide bonds. The van der Waals surface area contributed by atoms with Crippen LogP contribution in [0.1, 0.15) is 11.1 Å². The number of fused-ring (bicyclic) bond motifs is 5. The Morgan fingerprint density at radius 3 is 1.75 bits per heavy atom. The Kier molecular flexibility index (Phi) is 4.48. The van der Waals surface area contributed by atoms with E-state index in [9.17, 15) is 0 Å². The quantitative estimate of drug-likeness (QED) is 0.296. The van der Waals surface area contributed by atoms with Gasteiger partial charge in [0.25, 0.3) is 0 Å². The largest absolute Gasteiger partial charge is 0.276 e. The van der Waals surface area contributed by atoms with Crippen LogP contribution in [0.5, 0.6) is 0 Å². The molecule has 3 aromatic heterocycles. The summed E-state index contributed by atoms with van der Waals surface area (Å²) in [7, 11) is 0. The topological polar surface area (TPSA) is 60.9 Å². The molecule has 0 saturated heterocycles. The van der Waals surface area contributed by atoms with Gasteiger partial charge in [-0.15, -0.1) is 0 Å². The lowest BCUT2D eigenvalue weighted by atomic mass is 10.2. The van der Waals surface area contributed by atoms with Crippen LogP contribution in [0, 0.1) is 13.8 Å². The Hall–Kier alpha value is -4.84. The van der Waals surface area contributed by atoms with Gasteiger partial charge in [-0.1, -0.05) is 72.8 Å². The zero-order valence-electron chi connectivity index (χ0n) is 19.9. The lowest BCUT2D eigenvalue weighted by molar-refractivity contribution is 0.937. The van der Waals surface area contributed by atoms with Crippen molar-refractivity contribution in [1.82, 2.24) is 28.9 Å². The minimum absolute atomic E-state index is 0.540. The van der Waals surface area contributed by atoms with Gasteiger partial charge in [-0.25, -0.2) is 14.5 Å². The molecule has 0 aliphatic carbocycles. The molecule has 0 unspecified atom stereocenters. The van der Waals surface area contributed by atoms with Crippen LogP contribution in [0.15, 0.2) is 97.1 Å². The standard InChI is InChI=1S/C30H22N6/c1-19-13-15-24-23(17-19)31-30-35(24)26-18-20(2)14-16-25(26)36(30)29-33-27(21-9-5-3-6-10-21)32-28(34-29)22-11-7-4-8-12-22/h3-18H,1-2H3. The molecule has 6 nitrogen and oxygen atoms in total. The molecule has 0 radical (unpaired) electrons. The highest BCUT2D eigenvalue weighted by molar-refractivity contribution is 5.92. The number of hydrogen-bond acceptors (Lipinski definition) is 4. The second-order valence-electron chi connectivity index (χ2n) is 9.08. The molecule has 0 fully saturated rings. The average molecular weight is 467 g/mol. The number of nitrogens with zero attached hydrogens (tertiary/aromatic N) is 6. The lowest BCUT2D eigenvalue weighted by Crippen LogP contribution is -2.06. The minimum Gasteiger partial charge on any atom is -0.276 e. The van der Waals surface area contributed by atoms with Crippen LogP contribution in [-0.2, 0) is 0 Å². The fourth-order valence-corrected chi connectivity index (χ4v) is 4.77. The number of benzene rings is 4. The van der Waals surface area contributed by atoms with E-state index in [4.69, 9.17) is 19.9 Å². The molecule has 36 heavy (non-hydrogen) atoms. The van der Waals surface area contributed by atoms with Crippen molar-refractivity contribution in [1.29, 1.82) is 0 Å². The van der Waals surface area contributed by atoms with Crippen molar-refractivity contribution in [2.75, 3.05) is 0 Å². The van der Waals surface area contributed by atoms with Gasteiger partial charge in [-0.05, 0) is 49.2 Å². The number of aryl methyl sites for hydroxylation is 2. The smallest absolute Gasteiger partial charge is 0.241 e. The molecule has 0 saturated carbocycles. The van der Waals surface area contributed by atoms with Crippen molar-refractivity contribution in [3.8, 4) is 28.7 Å². The van der Waals surface area contributed by atoms with Crippen LogP contribution in [0.25, 0.3) is 56.6 Å². The highest BCUT2D eigenvalue weighted by atomic mass is 15.3. The summed E-state index contributed by atoms with van der Waals surface area (Å²) >= 11 is 0. The molecule has 0 aliphatic heterocycles. The van der Waals surface area contributed by atoms with Gasteiger partial charge in [0.2, 0.25) is 11.7 Å². The summed E-state index contributed by atoms with van der Waals surface area (Å²) in [6.45, 7) is 4.19. The summed E-state index contributed by atoms with van der Waals surface area (Å²) in [5, 5.41) is 0. The SMILES string of the molecule is Cc1ccc2c(c1)nc1n(-c3nc(-c4ccccc4)nc(-c4ccccc4)n3)c3ccc(C)cc3n21. The van der Waals surface area contributed by atoms with E-state index in [1.54, 1.807) is 0 Å². The predicted octanol–water partition coefficient (Wildman–Crippen LogP) is 6.57. The van der Waals surface area contributed by atoms with E-state index >= 15 is 0 Å². The van der Waals surface area contributed by atoms with E-state index in [1.807, 2.05) is 65.2 Å². The van der Waals surface area contributed by atoms with Gasteiger partial charge in [0.15, 0.2) is 11.6 Å². The summed E-state index contributed by atoms with van der Waals surface area (Å²) in [5.74, 6) is 2.57. The first kappa shape index (κ1) is 20.5. The Labute approximate surface area is 207 Å². The summed E-state index contributed by atoms with van der Waals surface area (Å²) in [6, 6.07) is 32.9. The first-order valence-corrected chi connectivity index (χ1v) is 11.9. The van der Waals surface area contributed by atoms with Crippen molar-refractivity contribution < 1.29 is 0 Å². The van der Waals surface area contributed by atoms with Gasteiger partial charge >= 0.3 is 0 Å². The second kappa shape index (κ2) is 7.85. The van der Waals surface area contributed by atoms with E-state index in [0.717, 1.165) is 39.0 Å². The highest BCUT2D eigenvalue weighted by Crippen LogP contribution is 2.30. The van der Waals surface area contributed by atoms with Crippen LogP contribution >= 0.6 is 0 Å². The van der Waals surface area contributed by atoms with Crippen LogP contribution < -0.4 is 0 Å². The van der Waals surface area contributed by atoms with E-state index < -0.39 is 0 Å². The molecule has 7 rings (SSSR count). The first-order chi connectivity index (χ1) is 17.7. The van der Waals surface area contributed by atoms with Crippen LogP contribution in [-0.4, -0.2) is 28.9 Å². The van der Waals surface area contributed by atoms with Gasteiger partial charge in [0.1, 0.15) is 0 Å². The third kappa shape index (κ3) is 3.19. The normalized spacial score (nSPS) is 11.6. The van der Waals surface area contributed by atoms with Crippen LogP contribution in [0.2, 0.25) is 0 Å². The predicted molar refractivity (Wildman–Crippen MR) is 143 cm³/mol. The van der Waals surface area contributed by atoms with Gasteiger partial charge < -0.3 is 0 Å². The zero-order valence-corrected chi connectivity index (χ0v) is 19.9. The maximum absolute atomic E-state index is 5.05. The van der Waals surface area contributed by atoms with Crippen molar-refractivity contribution >= 4 is 27.8 Å². The molecular formula is C30H22N6. The Morgan fingerprint density at radius 2 is 1.11 bits per heavy atom. The molecule has 0 spiro atoms. The number of aromatic nitrogens is 6. The molecule has 0 aliphatic rings. The fraction of sp³-hybridized carbons (Fsp3) is 0.0667. The van der Waals surface area contributed by atoms with Gasteiger partial charge in [0.05, 0.1) is 22.1 Å². The molecule has 4 aromatic carbocycles. The van der Waals surface area contributed by atoms with Crippen molar-refractivity contribution in [2.24, 2.45) is 0 Å². The van der Waals surface area contributed by atoms with E-state index in [0.29, 0.717) is 17.6 Å². The summed E-state index contributed by atoms with van der Waals surface area (Å²) in [4.78, 5) is 19.8. The molecule has 6 heteroatoms. The van der Waals surface area contributed by atoms with Gasteiger partial charge in [0, 0.05) is 11.1 Å². The maximum Gasteiger partial charge on any atom is 0.241 e. The van der Waals surface area contributed by atoms with Crippen molar-refractivity contribution in [2.45, 2.75) is 13.8 Å². The average Bonchev–Trinajstić information content (AvgIpc) is 3.43. The summed E-state index contributed by atoms with van der Waals surface area (Å²) < 4.78 is 4.25. The van der Waals surface area contributed by atoms with E-state index in [1.165, 1.54) is 11.1 Å². The first-order valence-electron chi connectivity index (χ1n) is 11.9. The molecular weight excluding hydrogens is 444 g/mol. The monoisotopic (exact) mass is 466 g/mol. The molecule has 0 N–H and O–H groups in total. The van der Waals surface area contributed by atoms with E-state index in [2.05, 4.69) is 54.6 Å². The molecule has 172 valence electrons. The molecule has 0 atom stereocenters. The van der Waals surface area contributed by atoms with Crippen molar-refractivity contribution in [3.63, 3.8) is 0 Å².